The Balaban J connectivity index is 1.47. The molecule has 3 aromatic heterocycles. The molecule has 0 amide bonds. The summed E-state index contributed by atoms with van der Waals surface area (Å²) in [6.07, 6.45) is 0. The SMILES string of the molecule is CC(C)c1ccc(C(C)C)c2c(=O)c3ccc(-n4c5ccccc5c5c6oc7ccccc7c6ccc54)cc3oc12. The molecule has 0 saturated heterocycles. The van der Waals surface area contributed by atoms with Crippen LogP contribution in [0.15, 0.2) is 105 Å². The van der Waals surface area contributed by atoms with E-state index in [1.165, 1.54) is 0 Å². The van der Waals surface area contributed by atoms with E-state index in [4.69, 9.17) is 8.83 Å². The molecule has 0 radical (unpaired) electrons. The van der Waals surface area contributed by atoms with Gasteiger partial charge in [0.25, 0.3) is 0 Å². The molecule has 0 saturated carbocycles. The molecule has 41 heavy (non-hydrogen) atoms. The van der Waals surface area contributed by atoms with Crippen LogP contribution in [0.25, 0.3) is 71.4 Å². The monoisotopic (exact) mass is 535 g/mol. The second-order valence-electron chi connectivity index (χ2n) is 11.7. The van der Waals surface area contributed by atoms with Gasteiger partial charge in [-0.25, -0.2) is 0 Å². The minimum absolute atomic E-state index is 0.0326. The number of furan rings is 1. The number of hydrogen-bond donors (Lipinski definition) is 0. The van der Waals surface area contributed by atoms with Crippen LogP contribution in [0.3, 0.4) is 0 Å². The molecular weight excluding hydrogens is 506 g/mol. The van der Waals surface area contributed by atoms with Gasteiger partial charge in [-0.3, -0.25) is 4.79 Å². The van der Waals surface area contributed by atoms with Crippen LogP contribution in [-0.4, -0.2) is 4.57 Å². The zero-order valence-corrected chi connectivity index (χ0v) is 23.5. The molecule has 0 aliphatic heterocycles. The van der Waals surface area contributed by atoms with E-state index in [9.17, 15) is 4.79 Å². The lowest BCUT2D eigenvalue weighted by Gasteiger charge is -2.16. The van der Waals surface area contributed by atoms with Crippen molar-refractivity contribution in [1.29, 1.82) is 0 Å². The van der Waals surface area contributed by atoms with Gasteiger partial charge in [-0.1, -0.05) is 76.2 Å². The van der Waals surface area contributed by atoms with Gasteiger partial charge >= 0.3 is 0 Å². The molecule has 0 atom stereocenters. The first-order valence-electron chi connectivity index (χ1n) is 14.3. The van der Waals surface area contributed by atoms with Crippen molar-refractivity contribution in [1.82, 2.24) is 4.57 Å². The van der Waals surface area contributed by atoms with E-state index in [0.717, 1.165) is 60.6 Å². The van der Waals surface area contributed by atoms with Gasteiger partial charge in [0, 0.05) is 27.9 Å². The van der Waals surface area contributed by atoms with E-state index in [-0.39, 0.29) is 17.3 Å². The maximum absolute atomic E-state index is 14.0. The number of hydrogen-bond acceptors (Lipinski definition) is 3. The van der Waals surface area contributed by atoms with Gasteiger partial charge in [0.15, 0.2) is 0 Å². The van der Waals surface area contributed by atoms with E-state index in [2.05, 4.69) is 86.9 Å². The summed E-state index contributed by atoms with van der Waals surface area (Å²) in [5, 5.41) is 5.73. The molecule has 0 bridgehead atoms. The zero-order chi connectivity index (χ0) is 28.0. The first-order valence-corrected chi connectivity index (χ1v) is 14.3. The normalized spacial score (nSPS) is 12.4. The molecule has 200 valence electrons. The second kappa shape index (κ2) is 8.58. The Hall–Kier alpha value is -4.83. The first-order chi connectivity index (χ1) is 19.9. The number of rotatable bonds is 3. The quantitative estimate of drug-likeness (QED) is 0.211. The summed E-state index contributed by atoms with van der Waals surface area (Å²) >= 11 is 0. The molecular formula is C37H29NO3. The van der Waals surface area contributed by atoms with Gasteiger partial charge in [-0.05, 0) is 59.4 Å². The molecule has 0 unspecified atom stereocenters. The van der Waals surface area contributed by atoms with Gasteiger partial charge in [0.1, 0.15) is 22.3 Å². The topological polar surface area (TPSA) is 48.3 Å². The molecule has 4 nitrogen and oxygen atoms in total. The van der Waals surface area contributed by atoms with Crippen molar-refractivity contribution in [2.75, 3.05) is 0 Å². The van der Waals surface area contributed by atoms with E-state index < -0.39 is 0 Å². The zero-order valence-electron chi connectivity index (χ0n) is 23.5. The van der Waals surface area contributed by atoms with Crippen molar-refractivity contribution in [3.8, 4) is 5.69 Å². The summed E-state index contributed by atoms with van der Waals surface area (Å²) < 4.78 is 15.3. The Morgan fingerprint density at radius 3 is 2.05 bits per heavy atom. The molecule has 0 aliphatic rings. The average molecular weight is 536 g/mol. The van der Waals surface area contributed by atoms with Crippen molar-refractivity contribution >= 4 is 65.7 Å². The summed E-state index contributed by atoms with van der Waals surface area (Å²) in [7, 11) is 0. The highest BCUT2D eigenvalue weighted by atomic mass is 16.3. The van der Waals surface area contributed by atoms with E-state index in [1.54, 1.807) is 0 Å². The van der Waals surface area contributed by atoms with Crippen molar-refractivity contribution in [3.63, 3.8) is 0 Å². The van der Waals surface area contributed by atoms with Crippen LogP contribution in [0.5, 0.6) is 0 Å². The Morgan fingerprint density at radius 2 is 1.24 bits per heavy atom. The van der Waals surface area contributed by atoms with Gasteiger partial charge in [0.05, 0.1) is 27.2 Å². The standard InChI is InChI=1S/C37H29NO3/c1-20(2)23-15-16-24(21(3)4)36-34(23)35(39)28-14-13-22(19-32(28)41-36)38-29-11-7-5-10-27(29)33-30(38)18-17-26-25-9-6-8-12-31(25)40-37(26)33/h5-21H,1-4H3. The minimum Gasteiger partial charge on any atom is -0.455 e. The van der Waals surface area contributed by atoms with Crippen LogP contribution in [0, 0.1) is 0 Å². The fourth-order valence-corrected chi connectivity index (χ4v) is 6.57. The predicted octanol–water partition coefficient (Wildman–Crippen LogP) is 10.2. The Bertz CT molecular complexity index is 2400. The average Bonchev–Trinajstić information content (AvgIpc) is 3.52. The Kier molecular flexibility index (Phi) is 5.03. The van der Waals surface area contributed by atoms with Crippen molar-refractivity contribution in [2.45, 2.75) is 39.5 Å². The third-order valence-corrected chi connectivity index (χ3v) is 8.55. The minimum atomic E-state index is 0.0326. The van der Waals surface area contributed by atoms with Crippen LogP contribution < -0.4 is 5.43 Å². The fourth-order valence-electron chi connectivity index (χ4n) is 6.57. The lowest BCUT2D eigenvalue weighted by atomic mass is 9.92. The maximum Gasteiger partial charge on any atom is 0.200 e. The van der Waals surface area contributed by atoms with Crippen molar-refractivity contribution in [3.05, 3.63) is 112 Å². The molecule has 0 fully saturated rings. The third kappa shape index (κ3) is 3.31. The molecule has 8 aromatic rings. The summed E-state index contributed by atoms with van der Waals surface area (Å²) in [4.78, 5) is 14.0. The summed E-state index contributed by atoms with van der Waals surface area (Å²) in [5.74, 6) is 0.442. The molecule has 0 aliphatic carbocycles. The van der Waals surface area contributed by atoms with E-state index >= 15 is 0 Å². The number of aromatic nitrogens is 1. The van der Waals surface area contributed by atoms with E-state index in [0.29, 0.717) is 21.9 Å². The lowest BCUT2D eigenvalue weighted by molar-refractivity contribution is 0.646. The predicted molar refractivity (Wildman–Crippen MR) is 170 cm³/mol. The second-order valence-corrected chi connectivity index (χ2v) is 11.7. The molecule has 3 heterocycles. The summed E-state index contributed by atoms with van der Waals surface area (Å²) in [5.41, 5.74) is 8.24. The number of nitrogens with zero attached hydrogens (tertiary/aromatic N) is 1. The molecule has 0 N–H and O–H groups in total. The van der Waals surface area contributed by atoms with Crippen LogP contribution in [-0.2, 0) is 0 Å². The number of fused-ring (bicyclic) bond motifs is 9. The van der Waals surface area contributed by atoms with Gasteiger partial charge in [-0.15, -0.1) is 0 Å². The lowest BCUT2D eigenvalue weighted by Crippen LogP contribution is -2.08. The first kappa shape index (κ1) is 24.0. The van der Waals surface area contributed by atoms with Gasteiger partial charge in [0.2, 0.25) is 5.43 Å². The van der Waals surface area contributed by atoms with Crippen LogP contribution in [0.2, 0.25) is 0 Å². The number of para-hydroxylation sites is 2. The molecule has 0 spiro atoms. The van der Waals surface area contributed by atoms with E-state index in [1.807, 2.05) is 36.4 Å². The molecule has 4 heteroatoms. The van der Waals surface area contributed by atoms with Crippen LogP contribution in [0.1, 0.15) is 50.7 Å². The maximum atomic E-state index is 14.0. The number of benzene rings is 5. The third-order valence-electron chi connectivity index (χ3n) is 8.55. The highest BCUT2D eigenvalue weighted by Gasteiger charge is 2.21. The smallest absolute Gasteiger partial charge is 0.200 e. The van der Waals surface area contributed by atoms with Crippen molar-refractivity contribution in [2.24, 2.45) is 0 Å². The van der Waals surface area contributed by atoms with Gasteiger partial charge < -0.3 is 13.4 Å². The molecule has 8 rings (SSSR count). The fraction of sp³-hybridized carbons (Fsp3) is 0.162. The molecule has 5 aromatic carbocycles. The van der Waals surface area contributed by atoms with Crippen LogP contribution in [0.4, 0.5) is 0 Å². The Morgan fingerprint density at radius 1 is 0.561 bits per heavy atom. The largest absolute Gasteiger partial charge is 0.455 e. The Labute approximate surface area is 236 Å². The van der Waals surface area contributed by atoms with Crippen molar-refractivity contribution < 1.29 is 8.83 Å². The van der Waals surface area contributed by atoms with Crippen LogP contribution >= 0.6 is 0 Å². The highest BCUT2D eigenvalue weighted by Crippen LogP contribution is 2.41. The van der Waals surface area contributed by atoms with Gasteiger partial charge in [-0.2, -0.15) is 0 Å². The summed E-state index contributed by atoms with van der Waals surface area (Å²) in [6, 6.07) is 31.1. The summed E-state index contributed by atoms with van der Waals surface area (Å²) in [6.45, 7) is 8.53. The highest BCUT2D eigenvalue weighted by molar-refractivity contribution is 6.23.